The highest BCUT2D eigenvalue weighted by atomic mass is 32.2. The Morgan fingerprint density at radius 3 is 2.48 bits per heavy atom. The maximum absolute atomic E-state index is 12.5. The Kier molecular flexibility index (Phi) is 6.47. The minimum atomic E-state index is -3.80. The predicted molar refractivity (Wildman–Crippen MR) is 109 cm³/mol. The maximum Gasteiger partial charge on any atom is 0.305 e. The Morgan fingerprint density at radius 1 is 1.13 bits per heavy atom. The number of hydrogen-bond donors (Lipinski definition) is 3. The number of carbonyl (C=O) groups excluding carboxylic acids is 2. The van der Waals surface area contributed by atoms with Crippen LogP contribution in [0.15, 0.2) is 58.1 Å². The van der Waals surface area contributed by atoms with Gasteiger partial charge in [0.05, 0.1) is 23.6 Å². The van der Waals surface area contributed by atoms with Crippen molar-refractivity contribution in [3.05, 3.63) is 59.8 Å². The number of rotatable bonds is 9. The zero-order valence-corrected chi connectivity index (χ0v) is 17.2. The maximum atomic E-state index is 12.5. The third-order valence-electron chi connectivity index (χ3n) is 4.50. The SMILES string of the molecule is CC(=O)C(CC(=O)O)NC(=O)c1ccc(CNS(=O)(=O)c2ccc3cnoc3c2)cc1. The summed E-state index contributed by atoms with van der Waals surface area (Å²) < 4.78 is 32.5. The van der Waals surface area contributed by atoms with Crippen LogP contribution in [0.1, 0.15) is 29.3 Å². The fraction of sp³-hybridized carbons (Fsp3) is 0.200. The molecule has 0 aliphatic carbocycles. The van der Waals surface area contributed by atoms with Crippen molar-refractivity contribution in [3.8, 4) is 0 Å². The first-order valence-electron chi connectivity index (χ1n) is 9.12. The number of nitrogens with one attached hydrogen (secondary N) is 2. The van der Waals surface area contributed by atoms with E-state index < -0.39 is 40.1 Å². The van der Waals surface area contributed by atoms with E-state index in [0.717, 1.165) is 0 Å². The second-order valence-electron chi connectivity index (χ2n) is 6.78. The molecule has 3 aromatic rings. The molecule has 11 heteroatoms. The van der Waals surface area contributed by atoms with Gasteiger partial charge in [0, 0.05) is 23.6 Å². The molecule has 162 valence electrons. The minimum Gasteiger partial charge on any atom is -0.481 e. The highest BCUT2D eigenvalue weighted by molar-refractivity contribution is 7.89. The van der Waals surface area contributed by atoms with Crippen molar-refractivity contribution in [2.45, 2.75) is 30.8 Å². The average molecular weight is 445 g/mol. The molecule has 3 N–H and O–H groups in total. The van der Waals surface area contributed by atoms with Gasteiger partial charge in [-0.3, -0.25) is 14.4 Å². The molecule has 0 aliphatic heterocycles. The molecule has 1 unspecified atom stereocenters. The number of benzene rings is 2. The molecule has 0 radical (unpaired) electrons. The van der Waals surface area contributed by atoms with Gasteiger partial charge in [0.15, 0.2) is 11.4 Å². The smallest absolute Gasteiger partial charge is 0.305 e. The van der Waals surface area contributed by atoms with Crippen molar-refractivity contribution < 1.29 is 32.4 Å². The molecule has 1 atom stereocenters. The number of amides is 1. The van der Waals surface area contributed by atoms with E-state index in [2.05, 4.69) is 15.2 Å². The lowest BCUT2D eigenvalue weighted by Crippen LogP contribution is -2.41. The fourth-order valence-corrected chi connectivity index (χ4v) is 3.79. The second kappa shape index (κ2) is 9.06. The van der Waals surface area contributed by atoms with Crippen molar-refractivity contribution in [2.75, 3.05) is 0 Å². The molecule has 0 spiro atoms. The monoisotopic (exact) mass is 445 g/mol. The number of hydrogen-bond acceptors (Lipinski definition) is 7. The Balaban J connectivity index is 1.64. The lowest BCUT2D eigenvalue weighted by Gasteiger charge is -2.14. The first-order valence-corrected chi connectivity index (χ1v) is 10.6. The largest absolute Gasteiger partial charge is 0.481 e. The number of fused-ring (bicyclic) bond motifs is 1. The number of aromatic nitrogens is 1. The van der Waals surface area contributed by atoms with Crippen LogP contribution in [-0.2, 0) is 26.2 Å². The van der Waals surface area contributed by atoms with E-state index in [9.17, 15) is 22.8 Å². The molecule has 0 aliphatic rings. The zero-order chi connectivity index (χ0) is 22.6. The standard InChI is InChI=1S/C20H19N3O7S/c1-12(24)17(9-19(25)26)23-20(27)14-4-2-13(3-5-14)10-22-31(28,29)16-7-6-15-11-21-30-18(15)8-16/h2-8,11,17,22H,9-10H2,1H3,(H,23,27)(H,25,26). The van der Waals surface area contributed by atoms with Crippen LogP contribution in [0.5, 0.6) is 0 Å². The topological polar surface area (TPSA) is 156 Å². The quantitative estimate of drug-likeness (QED) is 0.447. The average Bonchev–Trinajstić information content (AvgIpc) is 3.19. The molecule has 1 heterocycles. The van der Waals surface area contributed by atoms with Gasteiger partial charge in [-0.15, -0.1) is 0 Å². The van der Waals surface area contributed by atoms with E-state index >= 15 is 0 Å². The Bertz CT molecular complexity index is 1230. The normalized spacial score (nSPS) is 12.4. The zero-order valence-electron chi connectivity index (χ0n) is 16.4. The van der Waals surface area contributed by atoms with Crippen LogP contribution in [0.4, 0.5) is 0 Å². The Labute approximate surface area is 177 Å². The number of carbonyl (C=O) groups is 3. The summed E-state index contributed by atoms with van der Waals surface area (Å²) in [6.07, 6.45) is 0.970. The highest BCUT2D eigenvalue weighted by Crippen LogP contribution is 2.19. The molecule has 1 aromatic heterocycles. The van der Waals surface area contributed by atoms with Crippen LogP contribution in [0, 0.1) is 0 Å². The van der Waals surface area contributed by atoms with E-state index in [0.29, 0.717) is 16.5 Å². The number of sulfonamides is 1. The van der Waals surface area contributed by atoms with Crippen LogP contribution in [0.2, 0.25) is 0 Å². The van der Waals surface area contributed by atoms with Gasteiger partial charge >= 0.3 is 5.97 Å². The summed E-state index contributed by atoms with van der Waals surface area (Å²) in [5, 5.41) is 15.5. The molecule has 0 saturated heterocycles. The van der Waals surface area contributed by atoms with Gasteiger partial charge < -0.3 is 14.9 Å². The van der Waals surface area contributed by atoms with Gasteiger partial charge in [-0.05, 0) is 36.8 Å². The summed E-state index contributed by atoms with van der Waals surface area (Å²) in [4.78, 5) is 34.6. The van der Waals surface area contributed by atoms with Crippen molar-refractivity contribution in [1.29, 1.82) is 0 Å². The molecule has 0 fully saturated rings. The van der Waals surface area contributed by atoms with Crippen LogP contribution >= 0.6 is 0 Å². The molecule has 1 amide bonds. The van der Waals surface area contributed by atoms with Gasteiger partial charge in [0.25, 0.3) is 5.91 Å². The van der Waals surface area contributed by atoms with Crippen molar-refractivity contribution in [3.63, 3.8) is 0 Å². The molecule has 2 aromatic carbocycles. The van der Waals surface area contributed by atoms with Crippen molar-refractivity contribution in [2.24, 2.45) is 0 Å². The van der Waals surface area contributed by atoms with Gasteiger partial charge in [-0.25, -0.2) is 13.1 Å². The summed E-state index contributed by atoms with van der Waals surface area (Å²) >= 11 is 0. The van der Waals surface area contributed by atoms with Crippen molar-refractivity contribution >= 4 is 38.7 Å². The van der Waals surface area contributed by atoms with E-state index in [1.807, 2.05) is 0 Å². The van der Waals surface area contributed by atoms with Gasteiger partial charge in [0.2, 0.25) is 10.0 Å². The van der Waals surface area contributed by atoms with E-state index in [1.54, 1.807) is 18.2 Å². The van der Waals surface area contributed by atoms with E-state index in [4.69, 9.17) is 9.63 Å². The molecular formula is C20H19N3O7S. The molecular weight excluding hydrogens is 426 g/mol. The number of Topliss-reactive ketones (excluding diaryl/α,β-unsaturated/α-hetero) is 1. The molecule has 10 nitrogen and oxygen atoms in total. The van der Waals surface area contributed by atoms with Crippen LogP contribution in [0.25, 0.3) is 11.0 Å². The van der Waals surface area contributed by atoms with Gasteiger partial charge in [-0.2, -0.15) is 0 Å². The number of ketones is 1. The summed E-state index contributed by atoms with van der Waals surface area (Å²) in [5.74, 6) is -2.27. The third-order valence-corrected chi connectivity index (χ3v) is 5.89. The highest BCUT2D eigenvalue weighted by Gasteiger charge is 2.21. The van der Waals surface area contributed by atoms with Gasteiger partial charge in [0.1, 0.15) is 0 Å². The summed E-state index contributed by atoms with van der Waals surface area (Å²) in [7, 11) is -3.80. The third kappa shape index (κ3) is 5.53. The molecule has 31 heavy (non-hydrogen) atoms. The first kappa shape index (κ1) is 22.1. The fourth-order valence-electron chi connectivity index (χ4n) is 2.76. The van der Waals surface area contributed by atoms with Gasteiger partial charge in [-0.1, -0.05) is 17.3 Å². The van der Waals surface area contributed by atoms with Crippen LogP contribution in [0.3, 0.4) is 0 Å². The molecule has 3 rings (SSSR count). The van der Waals surface area contributed by atoms with Crippen LogP contribution in [-0.4, -0.2) is 42.4 Å². The summed E-state index contributed by atoms with van der Waals surface area (Å²) in [6.45, 7) is 1.18. The number of nitrogens with zero attached hydrogens (tertiary/aromatic N) is 1. The van der Waals surface area contributed by atoms with Crippen molar-refractivity contribution in [1.82, 2.24) is 15.2 Å². The molecule has 0 saturated carbocycles. The lowest BCUT2D eigenvalue weighted by atomic mass is 10.1. The number of carboxylic acids is 1. The van der Waals surface area contributed by atoms with Crippen LogP contribution < -0.4 is 10.0 Å². The summed E-state index contributed by atoms with van der Waals surface area (Å²) in [6, 6.07) is 9.30. The molecule has 0 bridgehead atoms. The lowest BCUT2D eigenvalue weighted by molar-refractivity contribution is -0.139. The first-order chi connectivity index (χ1) is 14.7. The Hall–Kier alpha value is -3.57. The van der Waals surface area contributed by atoms with E-state index in [1.165, 1.54) is 37.4 Å². The Morgan fingerprint density at radius 2 is 1.84 bits per heavy atom. The predicted octanol–water partition coefficient (Wildman–Crippen LogP) is 1.47. The second-order valence-corrected chi connectivity index (χ2v) is 8.55. The minimum absolute atomic E-state index is 0.0201. The summed E-state index contributed by atoms with van der Waals surface area (Å²) in [5.41, 5.74) is 1.15. The number of carboxylic acid groups (broad SMARTS) is 1. The number of aliphatic carboxylic acids is 1. The van der Waals surface area contributed by atoms with E-state index in [-0.39, 0.29) is 17.0 Å².